The molecule has 1 fully saturated rings. The fourth-order valence-corrected chi connectivity index (χ4v) is 2.51. The number of hydrogen-bond donors (Lipinski definition) is 2. The number of rotatable bonds is 6. The number of amides is 2. The molecule has 1 aliphatic heterocycles. The summed E-state index contributed by atoms with van der Waals surface area (Å²) in [7, 11) is 0. The zero-order valence-corrected chi connectivity index (χ0v) is 13.0. The van der Waals surface area contributed by atoms with Gasteiger partial charge in [-0.25, -0.2) is 4.79 Å². The molecule has 1 aromatic carbocycles. The predicted molar refractivity (Wildman–Crippen MR) is 84.8 cm³/mol. The van der Waals surface area contributed by atoms with E-state index in [1.807, 2.05) is 24.3 Å². The predicted octanol–water partition coefficient (Wildman–Crippen LogP) is 3.14. The quantitative estimate of drug-likeness (QED) is 0.793. The van der Waals surface area contributed by atoms with Gasteiger partial charge in [-0.2, -0.15) is 0 Å². The topological polar surface area (TPSA) is 50.4 Å². The van der Waals surface area contributed by atoms with Crippen LogP contribution in [0.4, 0.5) is 4.79 Å². The van der Waals surface area contributed by atoms with Crippen LogP contribution in [0, 0.1) is 0 Å². The number of aryl methyl sites for hydroxylation is 1. The maximum Gasteiger partial charge on any atom is 0.315 e. The monoisotopic (exact) mass is 310 g/mol. The van der Waals surface area contributed by atoms with Crippen molar-refractivity contribution >= 4 is 17.6 Å². The maximum absolute atomic E-state index is 11.7. The average molecular weight is 311 g/mol. The zero-order chi connectivity index (χ0) is 14.9. The van der Waals surface area contributed by atoms with Crippen molar-refractivity contribution in [1.82, 2.24) is 10.6 Å². The molecule has 2 N–H and O–H groups in total. The van der Waals surface area contributed by atoms with Gasteiger partial charge in [0.1, 0.15) is 0 Å². The van der Waals surface area contributed by atoms with Crippen molar-refractivity contribution in [1.29, 1.82) is 0 Å². The lowest BCUT2D eigenvalue weighted by atomic mass is 10.1. The number of carbonyl (C=O) groups excluding carboxylic acids is 1. The van der Waals surface area contributed by atoms with E-state index in [9.17, 15) is 4.79 Å². The second kappa shape index (κ2) is 8.90. The second-order valence-electron chi connectivity index (χ2n) is 5.37. The zero-order valence-electron chi connectivity index (χ0n) is 12.2. The van der Waals surface area contributed by atoms with Crippen LogP contribution in [-0.4, -0.2) is 31.8 Å². The van der Waals surface area contributed by atoms with Gasteiger partial charge in [-0.1, -0.05) is 23.7 Å². The Morgan fingerprint density at radius 2 is 1.90 bits per heavy atom. The Hall–Kier alpha value is -1.26. The molecular formula is C16H23ClN2O2. The van der Waals surface area contributed by atoms with Gasteiger partial charge in [0.05, 0.1) is 0 Å². The molecule has 1 aromatic rings. The van der Waals surface area contributed by atoms with Gasteiger partial charge < -0.3 is 15.4 Å². The Morgan fingerprint density at radius 1 is 1.19 bits per heavy atom. The molecule has 21 heavy (non-hydrogen) atoms. The summed E-state index contributed by atoms with van der Waals surface area (Å²) in [4.78, 5) is 11.7. The van der Waals surface area contributed by atoms with Crippen LogP contribution in [-0.2, 0) is 11.2 Å². The van der Waals surface area contributed by atoms with Crippen molar-refractivity contribution in [2.45, 2.75) is 38.1 Å². The molecule has 0 saturated carbocycles. The molecule has 0 bridgehead atoms. The molecule has 5 heteroatoms. The van der Waals surface area contributed by atoms with Crippen LogP contribution in [0.3, 0.4) is 0 Å². The fourth-order valence-electron chi connectivity index (χ4n) is 2.39. The molecule has 0 aromatic heterocycles. The average Bonchev–Trinajstić information content (AvgIpc) is 2.50. The van der Waals surface area contributed by atoms with E-state index in [2.05, 4.69) is 10.6 Å². The minimum absolute atomic E-state index is 0.0617. The standard InChI is InChI=1S/C16H23ClN2O2/c17-14-6-4-13(5-7-14)3-1-2-10-18-16(20)19-15-8-11-21-12-9-15/h4-7,15H,1-3,8-12H2,(H2,18,19,20). The van der Waals surface area contributed by atoms with Crippen molar-refractivity contribution < 1.29 is 9.53 Å². The van der Waals surface area contributed by atoms with Gasteiger partial charge in [0.15, 0.2) is 0 Å². The first-order valence-electron chi connectivity index (χ1n) is 7.60. The van der Waals surface area contributed by atoms with Crippen molar-refractivity contribution in [3.05, 3.63) is 34.9 Å². The van der Waals surface area contributed by atoms with Gasteiger partial charge in [-0.05, 0) is 49.8 Å². The van der Waals surface area contributed by atoms with Crippen LogP contribution in [0.5, 0.6) is 0 Å². The number of benzene rings is 1. The van der Waals surface area contributed by atoms with E-state index in [4.69, 9.17) is 16.3 Å². The molecule has 116 valence electrons. The number of unbranched alkanes of at least 4 members (excludes halogenated alkanes) is 1. The van der Waals surface area contributed by atoms with E-state index in [0.29, 0.717) is 6.54 Å². The van der Waals surface area contributed by atoms with E-state index in [1.54, 1.807) is 0 Å². The van der Waals surface area contributed by atoms with Gasteiger partial charge in [-0.3, -0.25) is 0 Å². The van der Waals surface area contributed by atoms with Gasteiger partial charge in [0.25, 0.3) is 0 Å². The minimum atomic E-state index is -0.0617. The molecule has 1 heterocycles. The lowest BCUT2D eigenvalue weighted by molar-refractivity contribution is 0.0801. The Kier molecular flexibility index (Phi) is 6.83. The summed E-state index contributed by atoms with van der Waals surface area (Å²) in [5, 5.41) is 6.67. The highest BCUT2D eigenvalue weighted by Crippen LogP contribution is 2.11. The highest BCUT2D eigenvalue weighted by molar-refractivity contribution is 6.30. The number of nitrogens with one attached hydrogen (secondary N) is 2. The Bertz CT molecular complexity index is 430. The lowest BCUT2D eigenvalue weighted by Crippen LogP contribution is -2.44. The summed E-state index contributed by atoms with van der Waals surface area (Å²) in [5.41, 5.74) is 1.28. The molecular weight excluding hydrogens is 288 g/mol. The Morgan fingerprint density at radius 3 is 2.62 bits per heavy atom. The molecule has 0 radical (unpaired) electrons. The normalized spacial score (nSPS) is 15.7. The van der Waals surface area contributed by atoms with Crippen LogP contribution >= 0.6 is 11.6 Å². The second-order valence-corrected chi connectivity index (χ2v) is 5.81. The van der Waals surface area contributed by atoms with E-state index in [0.717, 1.165) is 50.3 Å². The van der Waals surface area contributed by atoms with E-state index < -0.39 is 0 Å². The summed E-state index contributed by atoms with van der Waals surface area (Å²) in [6.07, 6.45) is 4.86. The van der Waals surface area contributed by atoms with Gasteiger partial charge in [-0.15, -0.1) is 0 Å². The number of urea groups is 1. The third-order valence-electron chi connectivity index (χ3n) is 3.65. The van der Waals surface area contributed by atoms with E-state index >= 15 is 0 Å². The van der Waals surface area contributed by atoms with Crippen LogP contribution in [0.1, 0.15) is 31.2 Å². The van der Waals surface area contributed by atoms with Gasteiger partial charge in [0.2, 0.25) is 0 Å². The largest absolute Gasteiger partial charge is 0.381 e. The van der Waals surface area contributed by atoms with Gasteiger partial charge >= 0.3 is 6.03 Å². The smallest absolute Gasteiger partial charge is 0.315 e. The number of halogens is 1. The number of ether oxygens (including phenoxy) is 1. The van der Waals surface area contributed by atoms with Crippen molar-refractivity contribution in [2.24, 2.45) is 0 Å². The SMILES string of the molecule is O=C(NCCCCc1ccc(Cl)cc1)NC1CCOCC1. The third-order valence-corrected chi connectivity index (χ3v) is 3.90. The molecule has 2 rings (SSSR count). The molecule has 0 unspecified atom stereocenters. The lowest BCUT2D eigenvalue weighted by Gasteiger charge is -2.23. The van der Waals surface area contributed by atoms with Crippen molar-refractivity contribution in [2.75, 3.05) is 19.8 Å². The van der Waals surface area contributed by atoms with E-state index in [1.165, 1.54) is 5.56 Å². The fraction of sp³-hybridized carbons (Fsp3) is 0.562. The van der Waals surface area contributed by atoms with Gasteiger partial charge in [0, 0.05) is 30.8 Å². The molecule has 0 atom stereocenters. The van der Waals surface area contributed by atoms with Crippen LogP contribution in [0.2, 0.25) is 5.02 Å². The summed E-state index contributed by atoms with van der Waals surface area (Å²) in [6, 6.07) is 8.12. The number of hydrogen-bond acceptors (Lipinski definition) is 2. The molecule has 0 spiro atoms. The first-order valence-corrected chi connectivity index (χ1v) is 7.98. The van der Waals surface area contributed by atoms with Crippen molar-refractivity contribution in [3.63, 3.8) is 0 Å². The Balaban J connectivity index is 1.52. The van der Waals surface area contributed by atoms with E-state index in [-0.39, 0.29) is 12.1 Å². The third kappa shape index (κ3) is 6.36. The first kappa shape index (κ1) is 16.1. The summed E-state index contributed by atoms with van der Waals surface area (Å²) < 4.78 is 5.26. The highest BCUT2D eigenvalue weighted by Gasteiger charge is 2.15. The maximum atomic E-state index is 11.7. The van der Waals surface area contributed by atoms with Crippen LogP contribution in [0.15, 0.2) is 24.3 Å². The van der Waals surface area contributed by atoms with Crippen LogP contribution < -0.4 is 10.6 Å². The molecule has 1 saturated heterocycles. The molecule has 0 aliphatic carbocycles. The molecule has 1 aliphatic rings. The molecule has 2 amide bonds. The Labute approximate surface area is 131 Å². The molecule has 4 nitrogen and oxygen atoms in total. The summed E-state index contributed by atoms with van der Waals surface area (Å²) >= 11 is 5.85. The summed E-state index contributed by atoms with van der Waals surface area (Å²) in [5.74, 6) is 0. The number of carbonyl (C=O) groups is 1. The first-order chi connectivity index (χ1) is 10.2. The summed E-state index contributed by atoms with van der Waals surface area (Å²) in [6.45, 7) is 2.20. The van der Waals surface area contributed by atoms with Crippen LogP contribution in [0.25, 0.3) is 0 Å². The minimum Gasteiger partial charge on any atom is -0.381 e. The highest BCUT2D eigenvalue weighted by atomic mass is 35.5. The van der Waals surface area contributed by atoms with Crippen molar-refractivity contribution in [3.8, 4) is 0 Å².